The van der Waals surface area contributed by atoms with Crippen LogP contribution in [0.3, 0.4) is 0 Å². The van der Waals surface area contributed by atoms with Gasteiger partial charge in [0.1, 0.15) is 5.78 Å². The highest BCUT2D eigenvalue weighted by Crippen LogP contribution is 2.07. The average molecular weight is 225 g/mol. The maximum atomic E-state index is 11.9. The summed E-state index contributed by atoms with van der Waals surface area (Å²) in [6.07, 6.45) is 4.42. The molecule has 2 rings (SSSR count). The van der Waals surface area contributed by atoms with Crippen molar-refractivity contribution < 1.29 is 4.79 Å². The quantitative estimate of drug-likeness (QED) is 0.800. The zero-order valence-electron chi connectivity index (χ0n) is 9.89. The average Bonchev–Trinajstić information content (AvgIpc) is 2.30. The van der Waals surface area contributed by atoms with Gasteiger partial charge in [0.2, 0.25) is 0 Å². The first-order chi connectivity index (χ1) is 8.24. The summed E-state index contributed by atoms with van der Waals surface area (Å²) in [7, 11) is 0. The second-order valence-corrected chi connectivity index (χ2v) is 4.24. The molecule has 86 valence electrons. The molecule has 2 aromatic rings. The number of nitrogens with zero attached hydrogens (tertiary/aromatic N) is 1. The van der Waals surface area contributed by atoms with Crippen molar-refractivity contribution in [2.75, 3.05) is 0 Å². The molecule has 1 aromatic heterocycles. The molecule has 0 saturated carbocycles. The standard InChI is InChI=1S/C15H15NO/c1-12-4-2-5-13(8-12)9-15(17)10-14-6-3-7-16-11-14/h2-8,11H,9-10H2,1H3. The Morgan fingerprint density at radius 2 is 1.88 bits per heavy atom. The number of rotatable bonds is 4. The molecule has 2 heteroatoms. The van der Waals surface area contributed by atoms with E-state index in [-0.39, 0.29) is 5.78 Å². The minimum atomic E-state index is 0.226. The fraction of sp³-hybridized carbons (Fsp3) is 0.200. The van der Waals surface area contributed by atoms with E-state index in [9.17, 15) is 4.79 Å². The summed E-state index contributed by atoms with van der Waals surface area (Å²) in [4.78, 5) is 15.9. The summed E-state index contributed by atoms with van der Waals surface area (Å²) in [5, 5.41) is 0. The minimum absolute atomic E-state index is 0.226. The Morgan fingerprint density at radius 1 is 1.12 bits per heavy atom. The van der Waals surface area contributed by atoms with Crippen LogP contribution < -0.4 is 0 Å². The molecule has 0 bridgehead atoms. The summed E-state index contributed by atoms with van der Waals surface area (Å²) in [5.41, 5.74) is 3.25. The van der Waals surface area contributed by atoms with Gasteiger partial charge < -0.3 is 0 Å². The highest BCUT2D eigenvalue weighted by atomic mass is 16.1. The van der Waals surface area contributed by atoms with Crippen LogP contribution in [0.1, 0.15) is 16.7 Å². The summed E-state index contributed by atoms with van der Waals surface area (Å²) in [6, 6.07) is 11.9. The fourth-order valence-electron chi connectivity index (χ4n) is 1.84. The molecule has 0 fully saturated rings. The van der Waals surface area contributed by atoms with Crippen LogP contribution in [0.5, 0.6) is 0 Å². The van der Waals surface area contributed by atoms with Gasteiger partial charge in [-0.25, -0.2) is 0 Å². The monoisotopic (exact) mass is 225 g/mol. The highest BCUT2D eigenvalue weighted by molar-refractivity contribution is 5.83. The Bertz CT molecular complexity index is 505. The van der Waals surface area contributed by atoms with Crippen LogP contribution in [0.2, 0.25) is 0 Å². The number of carbonyl (C=O) groups is 1. The third-order valence-corrected chi connectivity index (χ3v) is 2.61. The molecular weight excluding hydrogens is 210 g/mol. The van der Waals surface area contributed by atoms with E-state index in [0.717, 1.165) is 11.1 Å². The number of ketones is 1. The molecule has 0 saturated heterocycles. The van der Waals surface area contributed by atoms with Crippen LogP contribution in [0, 0.1) is 6.92 Å². The zero-order valence-corrected chi connectivity index (χ0v) is 9.89. The van der Waals surface area contributed by atoms with Crippen molar-refractivity contribution in [2.24, 2.45) is 0 Å². The molecule has 0 radical (unpaired) electrons. The number of hydrogen-bond acceptors (Lipinski definition) is 2. The fourth-order valence-corrected chi connectivity index (χ4v) is 1.84. The van der Waals surface area contributed by atoms with E-state index in [1.165, 1.54) is 5.56 Å². The second-order valence-electron chi connectivity index (χ2n) is 4.24. The summed E-state index contributed by atoms with van der Waals surface area (Å²) in [5.74, 6) is 0.226. The largest absolute Gasteiger partial charge is 0.299 e. The van der Waals surface area contributed by atoms with Gasteiger partial charge in [0.05, 0.1) is 0 Å². The lowest BCUT2D eigenvalue weighted by molar-refractivity contribution is -0.117. The third kappa shape index (κ3) is 3.52. The molecule has 0 amide bonds. The Hall–Kier alpha value is -1.96. The summed E-state index contributed by atoms with van der Waals surface area (Å²) in [6.45, 7) is 2.04. The van der Waals surface area contributed by atoms with Crippen LogP contribution in [-0.4, -0.2) is 10.8 Å². The van der Waals surface area contributed by atoms with E-state index in [0.29, 0.717) is 12.8 Å². The van der Waals surface area contributed by atoms with Crippen molar-refractivity contribution in [1.29, 1.82) is 0 Å². The number of pyridine rings is 1. The number of carbonyl (C=O) groups excluding carboxylic acids is 1. The van der Waals surface area contributed by atoms with Gasteiger partial charge in [-0.2, -0.15) is 0 Å². The van der Waals surface area contributed by atoms with Crippen LogP contribution in [0.25, 0.3) is 0 Å². The molecule has 0 unspecified atom stereocenters. The molecule has 0 N–H and O–H groups in total. The van der Waals surface area contributed by atoms with Gasteiger partial charge in [-0.1, -0.05) is 35.9 Å². The number of aromatic nitrogens is 1. The lowest BCUT2D eigenvalue weighted by atomic mass is 10.0. The first-order valence-electron chi connectivity index (χ1n) is 5.70. The molecule has 17 heavy (non-hydrogen) atoms. The van der Waals surface area contributed by atoms with E-state index in [1.54, 1.807) is 12.4 Å². The van der Waals surface area contributed by atoms with Gasteiger partial charge in [-0.05, 0) is 24.1 Å². The van der Waals surface area contributed by atoms with E-state index in [4.69, 9.17) is 0 Å². The first-order valence-corrected chi connectivity index (χ1v) is 5.70. The van der Waals surface area contributed by atoms with E-state index < -0.39 is 0 Å². The predicted octanol–water partition coefficient (Wildman–Crippen LogP) is 2.74. The van der Waals surface area contributed by atoms with Crippen molar-refractivity contribution in [1.82, 2.24) is 4.98 Å². The maximum Gasteiger partial charge on any atom is 0.141 e. The topological polar surface area (TPSA) is 30.0 Å². The van der Waals surface area contributed by atoms with Gasteiger partial charge >= 0.3 is 0 Å². The summed E-state index contributed by atoms with van der Waals surface area (Å²) >= 11 is 0. The molecule has 0 aliphatic rings. The molecule has 2 nitrogen and oxygen atoms in total. The highest BCUT2D eigenvalue weighted by Gasteiger charge is 2.05. The van der Waals surface area contributed by atoms with Crippen molar-refractivity contribution in [3.8, 4) is 0 Å². The minimum Gasteiger partial charge on any atom is -0.299 e. The summed E-state index contributed by atoms with van der Waals surface area (Å²) < 4.78 is 0. The van der Waals surface area contributed by atoms with Gasteiger partial charge in [-0.15, -0.1) is 0 Å². The molecule has 0 spiro atoms. The number of benzene rings is 1. The van der Waals surface area contributed by atoms with Crippen molar-refractivity contribution in [2.45, 2.75) is 19.8 Å². The molecule has 0 aliphatic carbocycles. The Kier molecular flexibility index (Phi) is 3.66. The van der Waals surface area contributed by atoms with E-state index in [1.807, 2.05) is 37.3 Å². The second kappa shape index (κ2) is 5.39. The Labute approximate surface area is 101 Å². The van der Waals surface area contributed by atoms with E-state index >= 15 is 0 Å². The molecular formula is C15H15NO. The Balaban J connectivity index is 1.98. The molecule has 1 heterocycles. The van der Waals surface area contributed by atoms with Crippen molar-refractivity contribution in [3.05, 3.63) is 65.5 Å². The maximum absolute atomic E-state index is 11.9. The zero-order chi connectivity index (χ0) is 12.1. The number of hydrogen-bond donors (Lipinski definition) is 0. The normalized spacial score (nSPS) is 10.2. The molecule has 0 atom stereocenters. The van der Waals surface area contributed by atoms with Crippen molar-refractivity contribution in [3.63, 3.8) is 0 Å². The molecule has 0 aliphatic heterocycles. The SMILES string of the molecule is Cc1cccc(CC(=O)Cc2cccnc2)c1. The third-order valence-electron chi connectivity index (χ3n) is 2.61. The molecule has 1 aromatic carbocycles. The van der Waals surface area contributed by atoms with Crippen LogP contribution in [0.4, 0.5) is 0 Å². The van der Waals surface area contributed by atoms with E-state index in [2.05, 4.69) is 11.1 Å². The van der Waals surface area contributed by atoms with Gasteiger partial charge in [0.25, 0.3) is 0 Å². The lowest BCUT2D eigenvalue weighted by Gasteiger charge is -2.02. The predicted molar refractivity (Wildman–Crippen MR) is 67.8 cm³/mol. The van der Waals surface area contributed by atoms with Crippen molar-refractivity contribution >= 4 is 5.78 Å². The van der Waals surface area contributed by atoms with Crippen LogP contribution in [-0.2, 0) is 17.6 Å². The van der Waals surface area contributed by atoms with Gasteiger partial charge in [-0.3, -0.25) is 9.78 Å². The first kappa shape index (κ1) is 11.5. The van der Waals surface area contributed by atoms with Crippen LogP contribution >= 0.6 is 0 Å². The number of Topliss-reactive ketones (excluding diaryl/α,β-unsaturated/α-hetero) is 1. The van der Waals surface area contributed by atoms with Crippen LogP contribution in [0.15, 0.2) is 48.8 Å². The van der Waals surface area contributed by atoms with Gasteiger partial charge in [0.15, 0.2) is 0 Å². The smallest absolute Gasteiger partial charge is 0.141 e. The lowest BCUT2D eigenvalue weighted by Crippen LogP contribution is -2.06. The number of aryl methyl sites for hydroxylation is 1. The Morgan fingerprint density at radius 3 is 2.59 bits per heavy atom. The van der Waals surface area contributed by atoms with Gasteiger partial charge in [0, 0.05) is 25.2 Å².